The van der Waals surface area contributed by atoms with Crippen LogP contribution in [0.1, 0.15) is 53.7 Å². The molecule has 0 N–H and O–H groups in total. The number of hydrogen-bond acceptors (Lipinski definition) is 5. The number of ether oxygens (including phenoxy) is 1. The summed E-state index contributed by atoms with van der Waals surface area (Å²) in [7, 11) is 1.56. The molecule has 1 aromatic heterocycles. The third-order valence-electron chi connectivity index (χ3n) is 5.09. The van der Waals surface area contributed by atoms with Crippen LogP contribution >= 0.6 is 11.6 Å². The van der Waals surface area contributed by atoms with Gasteiger partial charge in [0.2, 0.25) is 5.89 Å². The van der Waals surface area contributed by atoms with Crippen LogP contribution in [0.3, 0.4) is 0 Å². The number of likely N-dealkylation sites (tertiary alicyclic amines) is 1. The van der Waals surface area contributed by atoms with Gasteiger partial charge in [0.05, 0.1) is 12.7 Å². The van der Waals surface area contributed by atoms with Crippen LogP contribution in [0.2, 0.25) is 5.02 Å². The summed E-state index contributed by atoms with van der Waals surface area (Å²) in [5.41, 5.74) is 0.509. The molecule has 0 bridgehead atoms. The lowest BCUT2D eigenvalue weighted by atomic mass is 9.94. The second kappa shape index (κ2) is 7.27. The summed E-state index contributed by atoms with van der Waals surface area (Å²) in [5.74, 6) is 2.85. The number of benzene rings is 1. The molecule has 26 heavy (non-hydrogen) atoms. The zero-order valence-electron chi connectivity index (χ0n) is 14.8. The predicted octanol–water partition coefficient (Wildman–Crippen LogP) is 3.70. The Balaban J connectivity index is 1.44. The fraction of sp³-hybridized carbons (Fsp3) is 0.526. The Morgan fingerprint density at radius 2 is 2.23 bits per heavy atom. The summed E-state index contributed by atoms with van der Waals surface area (Å²) >= 11 is 6.07. The highest BCUT2D eigenvalue weighted by Crippen LogP contribution is 2.38. The molecule has 1 amide bonds. The van der Waals surface area contributed by atoms with Crippen molar-refractivity contribution in [1.82, 2.24) is 15.0 Å². The largest absolute Gasteiger partial charge is 0.496 e. The first-order valence-electron chi connectivity index (χ1n) is 9.09. The van der Waals surface area contributed by atoms with Crippen molar-refractivity contribution in [2.24, 2.45) is 5.92 Å². The normalized spacial score (nSPS) is 20.2. The highest BCUT2D eigenvalue weighted by molar-refractivity contribution is 6.31. The lowest BCUT2D eigenvalue weighted by Gasteiger charge is -2.32. The first-order valence-corrected chi connectivity index (χ1v) is 9.47. The number of piperidine rings is 1. The van der Waals surface area contributed by atoms with E-state index in [1.54, 1.807) is 25.3 Å². The molecular formula is C19H22ClN3O3. The summed E-state index contributed by atoms with van der Waals surface area (Å²) < 4.78 is 10.7. The van der Waals surface area contributed by atoms with Crippen LogP contribution in [-0.2, 0) is 6.42 Å². The maximum Gasteiger partial charge on any atom is 0.257 e. The van der Waals surface area contributed by atoms with Gasteiger partial charge in [-0.15, -0.1) is 0 Å². The molecule has 2 heterocycles. The van der Waals surface area contributed by atoms with Crippen LogP contribution in [0.15, 0.2) is 22.7 Å². The summed E-state index contributed by atoms with van der Waals surface area (Å²) in [4.78, 5) is 19.4. The van der Waals surface area contributed by atoms with Gasteiger partial charge in [-0.25, -0.2) is 0 Å². The molecule has 4 rings (SSSR count). The summed E-state index contributed by atoms with van der Waals surface area (Å²) in [6, 6.07) is 5.13. The van der Waals surface area contributed by atoms with Crippen molar-refractivity contribution in [2.75, 3.05) is 20.2 Å². The molecule has 0 spiro atoms. The maximum absolute atomic E-state index is 13.0. The smallest absolute Gasteiger partial charge is 0.257 e. The van der Waals surface area contributed by atoms with Crippen molar-refractivity contribution in [3.8, 4) is 5.75 Å². The number of nitrogens with zero attached hydrogens (tertiary/aromatic N) is 3. The minimum absolute atomic E-state index is 0.0433. The topological polar surface area (TPSA) is 68.5 Å². The molecule has 2 fully saturated rings. The summed E-state index contributed by atoms with van der Waals surface area (Å²) in [5, 5.41) is 4.61. The van der Waals surface area contributed by atoms with E-state index in [1.807, 2.05) is 4.90 Å². The molecule has 1 aliphatic heterocycles. The average molecular weight is 376 g/mol. The van der Waals surface area contributed by atoms with Crippen LogP contribution in [-0.4, -0.2) is 41.1 Å². The molecule has 1 saturated heterocycles. The van der Waals surface area contributed by atoms with Gasteiger partial charge in [0.25, 0.3) is 5.91 Å². The van der Waals surface area contributed by atoms with Gasteiger partial charge < -0.3 is 14.2 Å². The quantitative estimate of drug-likeness (QED) is 0.796. The Hall–Kier alpha value is -2.08. The highest BCUT2D eigenvalue weighted by Gasteiger charge is 2.31. The summed E-state index contributed by atoms with van der Waals surface area (Å²) in [6.07, 6.45) is 5.05. The molecule has 6 nitrogen and oxygen atoms in total. The number of methoxy groups -OCH3 is 1. The van der Waals surface area contributed by atoms with Crippen LogP contribution < -0.4 is 4.74 Å². The molecule has 1 aromatic carbocycles. The van der Waals surface area contributed by atoms with Gasteiger partial charge in [-0.1, -0.05) is 16.8 Å². The molecule has 7 heteroatoms. The summed E-state index contributed by atoms with van der Waals surface area (Å²) in [6.45, 7) is 1.41. The van der Waals surface area contributed by atoms with Gasteiger partial charge in [0.1, 0.15) is 5.75 Å². The highest BCUT2D eigenvalue weighted by atomic mass is 35.5. The van der Waals surface area contributed by atoms with Gasteiger partial charge in [-0.3, -0.25) is 4.79 Å². The molecule has 1 aliphatic carbocycles. The van der Waals surface area contributed by atoms with Gasteiger partial charge in [-0.05, 0) is 49.8 Å². The number of carbonyl (C=O) groups is 1. The fourth-order valence-corrected chi connectivity index (χ4v) is 3.71. The molecule has 1 atom stereocenters. The number of rotatable bonds is 5. The molecule has 138 valence electrons. The average Bonchev–Trinajstić information content (AvgIpc) is 3.41. The zero-order valence-corrected chi connectivity index (χ0v) is 15.5. The van der Waals surface area contributed by atoms with Crippen molar-refractivity contribution in [2.45, 2.75) is 38.0 Å². The maximum atomic E-state index is 13.0. The second-order valence-corrected chi connectivity index (χ2v) is 7.57. The third kappa shape index (κ3) is 3.70. The van der Waals surface area contributed by atoms with Crippen LogP contribution in [0.25, 0.3) is 0 Å². The Morgan fingerprint density at radius 3 is 3.00 bits per heavy atom. The molecule has 1 unspecified atom stereocenters. The van der Waals surface area contributed by atoms with Gasteiger partial charge in [0, 0.05) is 30.5 Å². The van der Waals surface area contributed by atoms with Crippen LogP contribution in [0, 0.1) is 5.92 Å². The van der Waals surface area contributed by atoms with Gasteiger partial charge >= 0.3 is 0 Å². The molecule has 2 aromatic rings. The van der Waals surface area contributed by atoms with Gasteiger partial charge in [0.15, 0.2) is 5.82 Å². The first kappa shape index (κ1) is 17.3. The Labute approximate surface area is 157 Å². The van der Waals surface area contributed by atoms with Gasteiger partial charge in [-0.2, -0.15) is 4.98 Å². The zero-order chi connectivity index (χ0) is 18.1. The first-order chi connectivity index (χ1) is 12.6. The lowest BCUT2D eigenvalue weighted by Crippen LogP contribution is -2.40. The van der Waals surface area contributed by atoms with E-state index < -0.39 is 0 Å². The van der Waals surface area contributed by atoms with E-state index in [0.29, 0.717) is 40.6 Å². The van der Waals surface area contributed by atoms with Crippen molar-refractivity contribution in [1.29, 1.82) is 0 Å². The second-order valence-electron chi connectivity index (χ2n) is 7.13. The Morgan fingerprint density at radius 1 is 1.38 bits per heavy atom. The van der Waals surface area contributed by atoms with E-state index in [2.05, 4.69) is 10.1 Å². The fourth-order valence-electron chi connectivity index (χ4n) is 3.54. The van der Waals surface area contributed by atoms with E-state index in [4.69, 9.17) is 20.9 Å². The minimum atomic E-state index is -0.0433. The number of carbonyl (C=O) groups excluding carboxylic acids is 1. The Kier molecular flexibility index (Phi) is 4.85. The third-order valence-corrected chi connectivity index (χ3v) is 5.32. The van der Waals surface area contributed by atoms with Crippen molar-refractivity contribution < 1.29 is 14.1 Å². The van der Waals surface area contributed by atoms with E-state index >= 15 is 0 Å². The standard InChI is InChI=1S/C19H22ClN3O3/c1-25-16-7-6-14(20)10-15(16)19(24)23-8-2-3-12(11-23)9-17-21-18(22-26-17)13-4-5-13/h6-7,10,12-13H,2-5,8-9,11H2,1H3. The van der Waals surface area contributed by atoms with Crippen LogP contribution in [0.4, 0.5) is 0 Å². The SMILES string of the molecule is COc1ccc(Cl)cc1C(=O)N1CCCC(Cc2nc(C3CC3)no2)C1. The van der Waals surface area contributed by atoms with E-state index in [9.17, 15) is 4.79 Å². The number of hydrogen-bond donors (Lipinski definition) is 0. The van der Waals surface area contributed by atoms with Crippen molar-refractivity contribution >= 4 is 17.5 Å². The van der Waals surface area contributed by atoms with E-state index in [-0.39, 0.29) is 5.91 Å². The van der Waals surface area contributed by atoms with E-state index in [0.717, 1.165) is 44.5 Å². The monoisotopic (exact) mass is 375 g/mol. The molecule has 0 radical (unpaired) electrons. The lowest BCUT2D eigenvalue weighted by molar-refractivity contribution is 0.0665. The van der Waals surface area contributed by atoms with Crippen molar-refractivity contribution in [3.63, 3.8) is 0 Å². The van der Waals surface area contributed by atoms with Crippen LogP contribution in [0.5, 0.6) is 5.75 Å². The predicted molar refractivity (Wildman–Crippen MR) is 96.6 cm³/mol. The van der Waals surface area contributed by atoms with E-state index in [1.165, 1.54) is 0 Å². The minimum Gasteiger partial charge on any atom is -0.496 e. The van der Waals surface area contributed by atoms with Crippen molar-refractivity contribution in [3.05, 3.63) is 40.5 Å². The molecular weight excluding hydrogens is 354 g/mol. The Bertz CT molecular complexity index is 803. The molecule has 1 saturated carbocycles. The number of aromatic nitrogens is 2. The molecule has 2 aliphatic rings. The number of halogens is 1. The number of amides is 1.